The van der Waals surface area contributed by atoms with Crippen LogP contribution in [0.25, 0.3) is 0 Å². The summed E-state index contributed by atoms with van der Waals surface area (Å²) in [5.74, 6) is 0.259. The van der Waals surface area contributed by atoms with E-state index in [-0.39, 0.29) is 23.8 Å². The number of carbonyl (C=O) groups is 1. The van der Waals surface area contributed by atoms with E-state index >= 15 is 0 Å². The Morgan fingerprint density at radius 3 is 2.10 bits per heavy atom. The first kappa shape index (κ1) is 22.7. The van der Waals surface area contributed by atoms with Crippen LogP contribution in [-0.4, -0.2) is 73.7 Å². The first-order chi connectivity index (χ1) is 14.2. The maximum absolute atomic E-state index is 13.0. The van der Waals surface area contributed by atoms with Crippen molar-refractivity contribution in [1.82, 2.24) is 14.1 Å². The molecule has 164 valence electrons. The van der Waals surface area contributed by atoms with Crippen molar-refractivity contribution >= 4 is 15.9 Å². The van der Waals surface area contributed by atoms with Crippen molar-refractivity contribution in [3.63, 3.8) is 0 Å². The van der Waals surface area contributed by atoms with Crippen LogP contribution in [0.2, 0.25) is 0 Å². The van der Waals surface area contributed by atoms with E-state index in [4.69, 9.17) is 0 Å². The van der Waals surface area contributed by atoms with Gasteiger partial charge < -0.3 is 4.90 Å². The average molecular weight is 433 g/mol. The molecule has 8 heteroatoms. The fourth-order valence-electron chi connectivity index (χ4n) is 4.33. The van der Waals surface area contributed by atoms with E-state index in [1.54, 1.807) is 24.3 Å². The fourth-order valence-corrected chi connectivity index (χ4v) is 5.80. The zero-order chi connectivity index (χ0) is 21.9. The summed E-state index contributed by atoms with van der Waals surface area (Å²) < 4.78 is 27.2. The van der Waals surface area contributed by atoms with Gasteiger partial charge in [-0.1, -0.05) is 31.5 Å². The molecular weight excluding hydrogens is 400 g/mol. The van der Waals surface area contributed by atoms with Gasteiger partial charge in [0.2, 0.25) is 15.9 Å². The van der Waals surface area contributed by atoms with Crippen LogP contribution in [0.4, 0.5) is 0 Å². The number of amides is 1. The lowest BCUT2D eigenvalue weighted by Gasteiger charge is -2.40. The first-order valence-electron chi connectivity index (χ1n) is 10.7. The summed E-state index contributed by atoms with van der Waals surface area (Å²) in [7, 11) is -3.51. The Balaban J connectivity index is 1.54. The number of rotatable bonds is 5. The van der Waals surface area contributed by atoms with Gasteiger partial charge in [0.25, 0.3) is 0 Å². The van der Waals surface area contributed by atoms with Crippen molar-refractivity contribution in [2.24, 2.45) is 11.8 Å². The van der Waals surface area contributed by atoms with Gasteiger partial charge in [-0.05, 0) is 37.8 Å². The zero-order valence-electron chi connectivity index (χ0n) is 18.1. The molecule has 30 heavy (non-hydrogen) atoms. The molecule has 0 aliphatic carbocycles. The monoisotopic (exact) mass is 432 g/mol. The quantitative estimate of drug-likeness (QED) is 0.711. The van der Waals surface area contributed by atoms with E-state index in [0.717, 1.165) is 5.56 Å². The largest absolute Gasteiger partial charge is 0.340 e. The Hall–Kier alpha value is -1.95. The Morgan fingerprint density at radius 1 is 1.03 bits per heavy atom. The highest BCUT2D eigenvalue weighted by molar-refractivity contribution is 7.89. The zero-order valence-corrected chi connectivity index (χ0v) is 18.9. The van der Waals surface area contributed by atoms with Gasteiger partial charge in [0.1, 0.15) is 6.04 Å². The van der Waals surface area contributed by atoms with E-state index in [2.05, 4.69) is 11.0 Å². The predicted octanol–water partition coefficient (Wildman–Crippen LogP) is 2.09. The molecule has 1 aromatic carbocycles. The van der Waals surface area contributed by atoms with Crippen molar-refractivity contribution in [3.8, 4) is 6.07 Å². The molecule has 1 aromatic rings. The molecule has 0 saturated carbocycles. The molecule has 0 aromatic heterocycles. The van der Waals surface area contributed by atoms with Crippen molar-refractivity contribution in [2.75, 3.05) is 39.3 Å². The number of piperidine rings is 1. The van der Waals surface area contributed by atoms with Gasteiger partial charge in [-0.25, -0.2) is 8.42 Å². The molecule has 7 nitrogen and oxygen atoms in total. The maximum Gasteiger partial charge on any atom is 0.243 e. The van der Waals surface area contributed by atoms with Crippen LogP contribution in [-0.2, 0) is 14.8 Å². The summed E-state index contributed by atoms with van der Waals surface area (Å²) in [6.45, 7) is 9.44. The van der Waals surface area contributed by atoms with Crippen molar-refractivity contribution in [1.29, 1.82) is 5.26 Å². The number of hydrogen-bond acceptors (Lipinski definition) is 5. The van der Waals surface area contributed by atoms with E-state index in [1.165, 1.54) is 4.31 Å². The maximum atomic E-state index is 13.0. The highest BCUT2D eigenvalue weighted by Gasteiger charge is 2.35. The molecule has 0 N–H and O–H groups in total. The Labute approximate surface area is 180 Å². The summed E-state index contributed by atoms with van der Waals surface area (Å²) >= 11 is 0. The number of benzene rings is 1. The Kier molecular flexibility index (Phi) is 7.17. The second-order valence-electron chi connectivity index (χ2n) is 8.67. The molecule has 0 bridgehead atoms. The minimum Gasteiger partial charge on any atom is -0.340 e. The predicted molar refractivity (Wildman–Crippen MR) is 115 cm³/mol. The van der Waals surface area contributed by atoms with Gasteiger partial charge in [-0.2, -0.15) is 9.57 Å². The molecule has 2 saturated heterocycles. The van der Waals surface area contributed by atoms with Gasteiger partial charge in [0.05, 0.1) is 11.0 Å². The summed E-state index contributed by atoms with van der Waals surface area (Å²) in [5.41, 5.74) is 1.02. The first-order valence-corrected chi connectivity index (χ1v) is 12.2. The lowest BCUT2D eigenvalue weighted by molar-refractivity contribution is -0.138. The number of hydrogen-bond donors (Lipinski definition) is 0. The van der Waals surface area contributed by atoms with Crippen LogP contribution in [0.5, 0.6) is 0 Å². The normalized spacial score (nSPS) is 20.8. The SMILES string of the molecule is Cc1ccc(S(=O)(=O)N2CCC(C(=O)N3CCN(C(C#N)C(C)C)CC3)CC2)cc1. The van der Waals surface area contributed by atoms with Crippen LogP contribution in [0.1, 0.15) is 32.3 Å². The smallest absolute Gasteiger partial charge is 0.243 e. The number of sulfonamides is 1. The summed E-state index contributed by atoms with van der Waals surface area (Å²) in [5, 5.41) is 9.39. The fraction of sp³-hybridized carbons (Fsp3) is 0.636. The van der Waals surface area contributed by atoms with Crippen molar-refractivity contribution < 1.29 is 13.2 Å². The lowest BCUT2D eigenvalue weighted by Crippen LogP contribution is -2.54. The molecule has 0 spiro atoms. The second kappa shape index (κ2) is 9.46. The molecule has 3 rings (SSSR count). The average Bonchev–Trinajstić information content (AvgIpc) is 2.74. The van der Waals surface area contributed by atoms with Crippen molar-refractivity contribution in [2.45, 2.75) is 44.6 Å². The van der Waals surface area contributed by atoms with Crippen LogP contribution in [0, 0.1) is 30.1 Å². The summed E-state index contributed by atoms with van der Waals surface area (Å²) in [6, 6.07) is 9.16. The molecule has 2 fully saturated rings. The van der Waals surface area contributed by atoms with Crippen LogP contribution < -0.4 is 0 Å². The molecule has 2 heterocycles. The van der Waals surface area contributed by atoms with E-state index < -0.39 is 10.0 Å². The van der Waals surface area contributed by atoms with Gasteiger partial charge >= 0.3 is 0 Å². The lowest BCUT2D eigenvalue weighted by atomic mass is 9.96. The number of piperazine rings is 1. The number of nitrogens with zero attached hydrogens (tertiary/aromatic N) is 4. The van der Waals surface area contributed by atoms with Crippen LogP contribution in [0.3, 0.4) is 0 Å². The van der Waals surface area contributed by atoms with E-state index in [1.807, 2.05) is 25.7 Å². The van der Waals surface area contributed by atoms with Gasteiger partial charge in [0.15, 0.2) is 0 Å². The Morgan fingerprint density at radius 2 is 1.60 bits per heavy atom. The number of carbonyl (C=O) groups excluding carboxylic acids is 1. The molecule has 1 amide bonds. The third-order valence-electron chi connectivity index (χ3n) is 6.24. The van der Waals surface area contributed by atoms with Gasteiger partial charge in [0, 0.05) is 45.2 Å². The second-order valence-corrected chi connectivity index (χ2v) is 10.6. The third kappa shape index (κ3) is 4.85. The Bertz CT molecular complexity index is 876. The van der Waals surface area contributed by atoms with Gasteiger partial charge in [-0.15, -0.1) is 0 Å². The number of nitriles is 1. The van der Waals surface area contributed by atoms with Crippen LogP contribution >= 0.6 is 0 Å². The minimum absolute atomic E-state index is 0.113. The van der Waals surface area contributed by atoms with Gasteiger partial charge in [-0.3, -0.25) is 9.69 Å². The minimum atomic E-state index is -3.51. The molecular formula is C22H32N4O3S. The molecule has 0 radical (unpaired) electrons. The molecule has 1 unspecified atom stereocenters. The summed E-state index contributed by atoms with van der Waals surface area (Å²) in [4.78, 5) is 17.3. The highest BCUT2D eigenvalue weighted by Crippen LogP contribution is 2.26. The molecule has 2 aliphatic heterocycles. The topological polar surface area (TPSA) is 84.7 Å². The van der Waals surface area contributed by atoms with Crippen LogP contribution in [0.15, 0.2) is 29.2 Å². The van der Waals surface area contributed by atoms with E-state index in [0.29, 0.717) is 57.0 Å². The number of aryl methyl sites for hydroxylation is 1. The standard InChI is InChI=1S/C22H32N4O3S/c1-17(2)21(16-23)24-12-14-25(15-13-24)22(27)19-8-10-26(11-9-19)30(28,29)20-6-4-18(3)5-7-20/h4-7,17,19,21H,8-15H2,1-3H3. The third-order valence-corrected chi connectivity index (χ3v) is 8.16. The molecule has 2 aliphatic rings. The van der Waals surface area contributed by atoms with E-state index in [9.17, 15) is 18.5 Å². The van der Waals surface area contributed by atoms with Crippen molar-refractivity contribution in [3.05, 3.63) is 29.8 Å². The molecule has 1 atom stereocenters. The highest BCUT2D eigenvalue weighted by atomic mass is 32.2. The summed E-state index contributed by atoms with van der Waals surface area (Å²) in [6.07, 6.45) is 1.11.